The lowest BCUT2D eigenvalue weighted by molar-refractivity contribution is -0.144. The zero-order chi connectivity index (χ0) is 23.0. The van der Waals surface area contributed by atoms with Gasteiger partial charge in [-0.05, 0) is 48.5 Å². The summed E-state index contributed by atoms with van der Waals surface area (Å²) in [6, 6.07) is 17.2. The van der Waals surface area contributed by atoms with Crippen molar-refractivity contribution in [2.45, 2.75) is 51.9 Å². The second-order valence-corrected chi connectivity index (χ2v) is 7.80. The SMILES string of the molecule is CCCCCCOc1ccc(NC(=S)NC(=O)CCC(=O)OCCc2ccccc2)cc1. The van der Waals surface area contributed by atoms with Gasteiger partial charge in [-0.2, -0.15) is 0 Å². The fourth-order valence-electron chi connectivity index (χ4n) is 2.92. The quantitative estimate of drug-likeness (QED) is 0.250. The van der Waals surface area contributed by atoms with Crippen molar-refractivity contribution in [3.63, 3.8) is 0 Å². The maximum atomic E-state index is 12.0. The molecule has 0 spiro atoms. The number of esters is 1. The number of amides is 1. The number of anilines is 1. The van der Waals surface area contributed by atoms with Gasteiger partial charge in [0.15, 0.2) is 5.11 Å². The van der Waals surface area contributed by atoms with Gasteiger partial charge in [-0.1, -0.05) is 56.5 Å². The molecule has 0 fully saturated rings. The summed E-state index contributed by atoms with van der Waals surface area (Å²) in [4.78, 5) is 23.8. The largest absolute Gasteiger partial charge is 0.494 e. The molecule has 0 saturated heterocycles. The molecule has 2 N–H and O–H groups in total. The first-order valence-corrected chi connectivity index (χ1v) is 11.5. The third-order valence-corrected chi connectivity index (χ3v) is 4.89. The van der Waals surface area contributed by atoms with Crippen LogP contribution in [-0.2, 0) is 20.7 Å². The predicted octanol–water partition coefficient (Wildman–Crippen LogP) is 5.02. The molecule has 0 aliphatic carbocycles. The van der Waals surface area contributed by atoms with E-state index >= 15 is 0 Å². The molecule has 7 heteroatoms. The summed E-state index contributed by atoms with van der Waals surface area (Å²) in [5.41, 5.74) is 1.84. The van der Waals surface area contributed by atoms with Gasteiger partial charge in [-0.15, -0.1) is 0 Å². The topological polar surface area (TPSA) is 76.7 Å². The minimum absolute atomic E-state index is 0.00747. The van der Waals surface area contributed by atoms with Crippen molar-refractivity contribution in [3.05, 3.63) is 60.2 Å². The first-order chi connectivity index (χ1) is 15.6. The van der Waals surface area contributed by atoms with Crippen LogP contribution in [0.2, 0.25) is 0 Å². The Bertz CT molecular complexity index is 841. The molecule has 0 aliphatic heterocycles. The predicted molar refractivity (Wildman–Crippen MR) is 131 cm³/mol. The molecule has 2 aromatic carbocycles. The van der Waals surface area contributed by atoms with Crippen molar-refractivity contribution < 1.29 is 19.1 Å². The Kier molecular flexibility index (Phi) is 11.8. The smallest absolute Gasteiger partial charge is 0.306 e. The van der Waals surface area contributed by atoms with E-state index in [4.69, 9.17) is 21.7 Å². The number of rotatable bonds is 13. The summed E-state index contributed by atoms with van der Waals surface area (Å²) < 4.78 is 10.9. The van der Waals surface area contributed by atoms with Crippen LogP contribution in [0.15, 0.2) is 54.6 Å². The molecular weight excluding hydrogens is 424 g/mol. The third-order valence-electron chi connectivity index (χ3n) is 4.68. The van der Waals surface area contributed by atoms with Crippen LogP contribution in [0.4, 0.5) is 5.69 Å². The molecule has 172 valence electrons. The third kappa shape index (κ3) is 10.9. The minimum atomic E-state index is -0.403. The molecular formula is C25H32N2O4S. The van der Waals surface area contributed by atoms with Crippen LogP contribution in [0, 0.1) is 0 Å². The maximum Gasteiger partial charge on any atom is 0.306 e. The van der Waals surface area contributed by atoms with Gasteiger partial charge in [0.05, 0.1) is 19.6 Å². The van der Waals surface area contributed by atoms with Gasteiger partial charge in [-0.3, -0.25) is 9.59 Å². The summed E-state index contributed by atoms with van der Waals surface area (Å²) in [6.07, 6.45) is 5.32. The number of hydrogen-bond acceptors (Lipinski definition) is 5. The lowest BCUT2D eigenvalue weighted by Gasteiger charge is -2.11. The summed E-state index contributed by atoms with van der Waals surface area (Å²) in [6.45, 7) is 3.18. The Morgan fingerprint density at radius 1 is 0.906 bits per heavy atom. The summed E-state index contributed by atoms with van der Waals surface area (Å²) in [5, 5.41) is 5.71. The number of hydrogen-bond donors (Lipinski definition) is 2. The Morgan fingerprint density at radius 3 is 2.38 bits per heavy atom. The molecule has 32 heavy (non-hydrogen) atoms. The average molecular weight is 457 g/mol. The number of nitrogens with one attached hydrogen (secondary N) is 2. The molecule has 0 bridgehead atoms. The first kappa shape index (κ1) is 25.3. The Balaban J connectivity index is 1.59. The van der Waals surface area contributed by atoms with E-state index in [1.807, 2.05) is 54.6 Å². The van der Waals surface area contributed by atoms with Gasteiger partial charge in [0.25, 0.3) is 0 Å². The fourth-order valence-corrected chi connectivity index (χ4v) is 3.15. The minimum Gasteiger partial charge on any atom is -0.494 e. The summed E-state index contributed by atoms with van der Waals surface area (Å²) >= 11 is 5.17. The summed E-state index contributed by atoms with van der Waals surface area (Å²) in [7, 11) is 0. The van der Waals surface area contributed by atoms with E-state index in [0.29, 0.717) is 19.6 Å². The highest BCUT2D eigenvalue weighted by atomic mass is 32.1. The first-order valence-electron chi connectivity index (χ1n) is 11.1. The highest BCUT2D eigenvalue weighted by Crippen LogP contribution is 2.16. The zero-order valence-corrected chi connectivity index (χ0v) is 19.4. The van der Waals surface area contributed by atoms with Crippen molar-refractivity contribution in [2.24, 2.45) is 0 Å². The number of unbranched alkanes of at least 4 members (excludes halogenated alkanes) is 3. The van der Waals surface area contributed by atoms with Crippen LogP contribution < -0.4 is 15.4 Å². The molecule has 6 nitrogen and oxygen atoms in total. The van der Waals surface area contributed by atoms with Crippen molar-refractivity contribution in [1.29, 1.82) is 0 Å². The molecule has 2 rings (SSSR count). The average Bonchev–Trinajstić information content (AvgIpc) is 2.79. The van der Waals surface area contributed by atoms with Crippen molar-refractivity contribution in [3.8, 4) is 5.75 Å². The number of carbonyl (C=O) groups excluding carboxylic acids is 2. The zero-order valence-electron chi connectivity index (χ0n) is 18.6. The lowest BCUT2D eigenvalue weighted by Crippen LogP contribution is -2.34. The molecule has 0 atom stereocenters. The van der Waals surface area contributed by atoms with Crippen LogP contribution >= 0.6 is 12.2 Å². The van der Waals surface area contributed by atoms with E-state index < -0.39 is 5.97 Å². The van der Waals surface area contributed by atoms with Crippen molar-refractivity contribution in [2.75, 3.05) is 18.5 Å². The Morgan fingerprint density at radius 2 is 1.66 bits per heavy atom. The van der Waals surface area contributed by atoms with E-state index in [1.54, 1.807) is 0 Å². The highest BCUT2D eigenvalue weighted by molar-refractivity contribution is 7.80. The molecule has 1 amide bonds. The monoisotopic (exact) mass is 456 g/mol. The van der Waals surface area contributed by atoms with E-state index in [1.165, 1.54) is 19.3 Å². The number of thiocarbonyl (C=S) groups is 1. The molecule has 0 radical (unpaired) electrons. The van der Waals surface area contributed by atoms with Crippen LogP contribution in [-0.4, -0.2) is 30.2 Å². The highest BCUT2D eigenvalue weighted by Gasteiger charge is 2.10. The van der Waals surface area contributed by atoms with E-state index in [9.17, 15) is 9.59 Å². The van der Waals surface area contributed by atoms with Crippen LogP contribution in [0.5, 0.6) is 5.75 Å². The lowest BCUT2D eigenvalue weighted by atomic mass is 10.2. The number of carbonyl (C=O) groups is 2. The van der Waals surface area contributed by atoms with Gasteiger partial charge in [0, 0.05) is 18.5 Å². The second kappa shape index (κ2) is 15.0. The molecule has 2 aromatic rings. The standard InChI is InChI=1S/C25H32N2O4S/c1-2-3-4-8-18-30-22-13-11-21(12-14-22)26-25(32)27-23(28)15-16-24(29)31-19-17-20-9-6-5-7-10-20/h5-7,9-14H,2-4,8,15-19H2,1H3,(H2,26,27,28,32). The van der Waals surface area contributed by atoms with Gasteiger partial charge >= 0.3 is 5.97 Å². The molecule has 0 unspecified atom stereocenters. The van der Waals surface area contributed by atoms with Gasteiger partial charge < -0.3 is 20.1 Å². The fraction of sp³-hybridized carbons (Fsp3) is 0.400. The van der Waals surface area contributed by atoms with Crippen LogP contribution in [0.1, 0.15) is 51.0 Å². The number of benzene rings is 2. The van der Waals surface area contributed by atoms with Crippen LogP contribution in [0.25, 0.3) is 0 Å². The normalized spacial score (nSPS) is 10.3. The van der Waals surface area contributed by atoms with E-state index in [-0.39, 0.29) is 23.9 Å². The van der Waals surface area contributed by atoms with E-state index in [0.717, 1.165) is 23.4 Å². The summed E-state index contributed by atoms with van der Waals surface area (Å²) in [5.74, 6) is 0.0579. The van der Waals surface area contributed by atoms with Crippen LogP contribution in [0.3, 0.4) is 0 Å². The molecule has 0 saturated carbocycles. The Hall–Kier alpha value is -2.93. The molecule has 0 heterocycles. The van der Waals surface area contributed by atoms with Crippen molar-refractivity contribution >= 4 is 34.9 Å². The molecule has 0 aromatic heterocycles. The Labute approximate surface area is 195 Å². The molecule has 0 aliphatic rings. The van der Waals surface area contributed by atoms with Crippen molar-refractivity contribution in [1.82, 2.24) is 5.32 Å². The van der Waals surface area contributed by atoms with Gasteiger partial charge in [0.2, 0.25) is 5.91 Å². The van der Waals surface area contributed by atoms with Gasteiger partial charge in [-0.25, -0.2) is 0 Å². The maximum absolute atomic E-state index is 12.0. The second-order valence-electron chi connectivity index (χ2n) is 7.39. The van der Waals surface area contributed by atoms with Gasteiger partial charge in [0.1, 0.15) is 5.75 Å². The van der Waals surface area contributed by atoms with E-state index in [2.05, 4.69) is 17.6 Å². The number of ether oxygens (including phenoxy) is 2.